The molecule has 1 aromatic rings. The van der Waals surface area contributed by atoms with Crippen molar-refractivity contribution in [3.63, 3.8) is 0 Å². The standard InChI is InChI=1S/C11H15Cl2NO/c1-8(6-14-2)7-15-9-3-4-10(12)11(13)5-9/h3-5,8,14H,6-7H2,1-2H3. The fourth-order valence-corrected chi connectivity index (χ4v) is 1.50. The summed E-state index contributed by atoms with van der Waals surface area (Å²) in [5.74, 6) is 1.22. The fraction of sp³-hybridized carbons (Fsp3) is 0.455. The quantitative estimate of drug-likeness (QED) is 0.863. The number of hydrogen-bond acceptors (Lipinski definition) is 2. The molecule has 1 rings (SSSR count). The average molecular weight is 248 g/mol. The maximum absolute atomic E-state index is 5.87. The lowest BCUT2D eigenvalue weighted by Gasteiger charge is -2.12. The average Bonchev–Trinajstić information content (AvgIpc) is 2.20. The van der Waals surface area contributed by atoms with Crippen molar-refractivity contribution in [3.05, 3.63) is 28.2 Å². The first-order chi connectivity index (χ1) is 7.13. The van der Waals surface area contributed by atoms with Crippen LogP contribution in [0.15, 0.2) is 18.2 Å². The van der Waals surface area contributed by atoms with Crippen molar-refractivity contribution in [3.8, 4) is 5.75 Å². The van der Waals surface area contributed by atoms with Crippen LogP contribution in [0.2, 0.25) is 10.0 Å². The zero-order valence-electron chi connectivity index (χ0n) is 8.89. The lowest BCUT2D eigenvalue weighted by molar-refractivity contribution is 0.258. The van der Waals surface area contributed by atoms with Gasteiger partial charge < -0.3 is 10.1 Å². The van der Waals surface area contributed by atoms with Gasteiger partial charge in [0.25, 0.3) is 0 Å². The van der Waals surface area contributed by atoms with Crippen molar-refractivity contribution < 1.29 is 4.74 Å². The molecule has 0 aromatic heterocycles. The second kappa shape index (κ2) is 6.21. The van der Waals surface area contributed by atoms with Crippen molar-refractivity contribution in [2.24, 2.45) is 5.92 Å². The number of rotatable bonds is 5. The maximum atomic E-state index is 5.87. The Morgan fingerprint density at radius 2 is 2.07 bits per heavy atom. The number of halogens is 2. The zero-order valence-corrected chi connectivity index (χ0v) is 10.4. The minimum absolute atomic E-state index is 0.462. The molecule has 0 saturated heterocycles. The smallest absolute Gasteiger partial charge is 0.120 e. The summed E-state index contributed by atoms with van der Waals surface area (Å²) in [4.78, 5) is 0. The van der Waals surface area contributed by atoms with Gasteiger partial charge in [-0.1, -0.05) is 30.1 Å². The third-order valence-corrected chi connectivity index (χ3v) is 2.72. The molecule has 0 spiro atoms. The molecule has 0 fully saturated rings. The molecule has 1 atom stereocenters. The maximum Gasteiger partial charge on any atom is 0.120 e. The Morgan fingerprint density at radius 1 is 1.33 bits per heavy atom. The van der Waals surface area contributed by atoms with Crippen LogP contribution in [0.4, 0.5) is 0 Å². The van der Waals surface area contributed by atoms with Crippen LogP contribution in [-0.4, -0.2) is 20.2 Å². The van der Waals surface area contributed by atoms with Crippen LogP contribution in [0, 0.1) is 5.92 Å². The van der Waals surface area contributed by atoms with E-state index in [9.17, 15) is 0 Å². The van der Waals surface area contributed by atoms with Gasteiger partial charge in [0.1, 0.15) is 5.75 Å². The lowest BCUT2D eigenvalue weighted by atomic mass is 10.2. The number of hydrogen-bond donors (Lipinski definition) is 1. The molecule has 15 heavy (non-hydrogen) atoms. The van der Waals surface area contributed by atoms with Gasteiger partial charge in [-0.2, -0.15) is 0 Å². The van der Waals surface area contributed by atoms with Gasteiger partial charge >= 0.3 is 0 Å². The molecular weight excluding hydrogens is 233 g/mol. The highest BCUT2D eigenvalue weighted by Crippen LogP contribution is 2.26. The van der Waals surface area contributed by atoms with Crippen molar-refractivity contribution in [1.29, 1.82) is 0 Å². The Hall–Kier alpha value is -0.440. The van der Waals surface area contributed by atoms with Crippen molar-refractivity contribution >= 4 is 23.2 Å². The zero-order chi connectivity index (χ0) is 11.3. The Labute approximate surface area is 101 Å². The highest BCUT2D eigenvalue weighted by molar-refractivity contribution is 6.42. The molecule has 1 aromatic carbocycles. The molecule has 0 aliphatic heterocycles. The molecule has 0 aliphatic carbocycles. The molecular formula is C11H15Cl2NO. The van der Waals surface area contributed by atoms with E-state index >= 15 is 0 Å². The van der Waals surface area contributed by atoms with Gasteiger partial charge in [-0.05, 0) is 19.2 Å². The van der Waals surface area contributed by atoms with Gasteiger partial charge in [0, 0.05) is 18.5 Å². The fourth-order valence-electron chi connectivity index (χ4n) is 1.21. The van der Waals surface area contributed by atoms with Gasteiger partial charge in [0.2, 0.25) is 0 Å². The van der Waals surface area contributed by atoms with Crippen molar-refractivity contribution in [2.75, 3.05) is 20.2 Å². The van der Waals surface area contributed by atoms with Gasteiger partial charge in [-0.25, -0.2) is 0 Å². The molecule has 1 unspecified atom stereocenters. The van der Waals surface area contributed by atoms with E-state index in [1.165, 1.54) is 0 Å². The van der Waals surface area contributed by atoms with Gasteiger partial charge in [-0.15, -0.1) is 0 Å². The highest BCUT2D eigenvalue weighted by atomic mass is 35.5. The van der Waals surface area contributed by atoms with E-state index in [1.54, 1.807) is 12.1 Å². The Morgan fingerprint density at radius 3 is 2.67 bits per heavy atom. The Balaban J connectivity index is 2.47. The molecule has 0 heterocycles. The van der Waals surface area contributed by atoms with Gasteiger partial charge in [0.15, 0.2) is 0 Å². The first kappa shape index (κ1) is 12.6. The summed E-state index contributed by atoms with van der Waals surface area (Å²) < 4.78 is 5.57. The highest BCUT2D eigenvalue weighted by Gasteiger charge is 2.03. The molecule has 1 N–H and O–H groups in total. The predicted octanol–water partition coefficient (Wildman–Crippen LogP) is 3.23. The lowest BCUT2D eigenvalue weighted by Crippen LogP contribution is -2.21. The minimum atomic E-state index is 0.462. The van der Waals surface area contributed by atoms with Crippen LogP contribution in [0.1, 0.15) is 6.92 Å². The van der Waals surface area contributed by atoms with Crippen molar-refractivity contribution in [1.82, 2.24) is 5.32 Å². The number of nitrogens with one attached hydrogen (secondary N) is 1. The normalized spacial score (nSPS) is 12.5. The summed E-state index contributed by atoms with van der Waals surface area (Å²) in [5, 5.41) is 4.17. The van der Waals surface area contributed by atoms with Crippen LogP contribution < -0.4 is 10.1 Å². The topological polar surface area (TPSA) is 21.3 Å². The van der Waals surface area contributed by atoms with E-state index in [0.29, 0.717) is 22.6 Å². The van der Waals surface area contributed by atoms with Crippen LogP contribution >= 0.6 is 23.2 Å². The second-order valence-corrected chi connectivity index (χ2v) is 4.36. The summed E-state index contributed by atoms with van der Waals surface area (Å²) in [6, 6.07) is 5.29. The number of ether oxygens (including phenoxy) is 1. The van der Waals surface area contributed by atoms with Crippen LogP contribution in [0.3, 0.4) is 0 Å². The third-order valence-electron chi connectivity index (χ3n) is 1.98. The monoisotopic (exact) mass is 247 g/mol. The molecule has 0 aliphatic rings. The van der Waals surface area contributed by atoms with E-state index < -0.39 is 0 Å². The first-order valence-corrected chi connectivity index (χ1v) is 5.61. The Bertz CT molecular complexity index is 317. The SMILES string of the molecule is CNCC(C)COc1ccc(Cl)c(Cl)c1. The van der Waals surface area contributed by atoms with Gasteiger partial charge in [0.05, 0.1) is 16.7 Å². The van der Waals surface area contributed by atoms with Gasteiger partial charge in [-0.3, -0.25) is 0 Å². The van der Waals surface area contributed by atoms with Crippen molar-refractivity contribution in [2.45, 2.75) is 6.92 Å². The molecule has 0 amide bonds. The van der Waals surface area contributed by atoms with Crippen LogP contribution in [0.25, 0.3) is 0 Å². The molecule has 84 valence electrons. The van der Waals surface area contributed by atoms with Crippen LogP contribution in [-0.2, 0) is 0 Å². The van der Waals surface area contributed by atoms with E-state index in [-0.39, 0.29) is 0 Å². The predicted molar refractivity (Wildman–Crippen MR) is 65.0 cm³/mol. The Kier molecular flexibility index (Phi) is 5.23. The van der Waals surface area contributed by atoms with E-state index in [2.05, 4.69) is 12.2 Å². The second-order valence-electron chi connectivity index (χ2n) is 3.55. The van der Waals surface area contributed by atoms with E-state index in [1.807, 2.05) is 13.1 Å². The van der Waals surface area contributed by atoms with E-state index in [4.69, 9.17) is 27.9 Å². The summed E-state index contributed by atoms with van der Waals surface area (Å²) in [6.45, 7) is 3.72. The molecule has 0 bridgehead atoms. The molecule has 4 heteroatoms. The van der Waals surface area contributed by atoms with Crippen LogP contribution in [0.5, 0.6) is 5.75 Å². The largest absolute Gasteiger partial charge is 0.493 e. The minimum Gasteiger partial charge on any atom is -0.493 e. The molecule has 0 saturated carbocycles. The number of benzene rings is 1. The summed E-state index contributed by atoms with van der Waals surface area (Å²) in [7, 11) is 1.93. The van der Waals surface area contributed by atoms with E-state index in [0.717, 1.165) is 12.3 Å². The molecule has 2 nitrogen and oxygen atoms in total. The summed E-state index contributed by atoms with van der Waals surface area (Å²) in [5.41, 5.74) is 0. The summed E-state index contributed by atoms with van der Waals surface area (Å²) in [6.07, 6.45) is 0. The summed E-state index contributed by atoms with van der Waals surface area (Å²) >= 11 is 11.7. The first-order valence-electron chi connectivity index (χ1n) is 4.86. The molecule has 0 radical (unpaired) electrons. The third kappa shape index (κ3) is 4.29.